The van der Waals surface area contributed by atoms with Crippen molar-refractivity contribution in [2.45, 2.75) is 13.8 Å². The molecule has 0 aliphatic rings. The minimum atomic E-state index is -0.272. The first-order valence-electron chi connectivity index (χ1n) is 5.84. The van der Waals surface area contributed by atoms with Crippen LogP contribution in [0.15, 0.2) is 18.2 Å². The predicted octanol–water partition coefficient (Wildman–Crippen LogP) is 2.48. The van der Waals surface area contributed by atoms with E-state index in [1.807, 2.05) is 13.8 Å². The van der Waals surface area contributed by atoms with Gasteiger partial charge in [-0.15, -0.1) is 0 Å². The van der Waals surface area contributed by atoms with Crippen LogP contribution < -0.4 is 20.1 Å². The molecule has 5 nitrogen and oxygen atoms in total. The van der Waals surface area contributed by atoms with E-state index in [2.05, 4.69) is 10.6 Å². The fraction of sp³-hybridized carbons (Fsp3) is 0.462. The summed E-state index contributed by atoms with van der Waals surface area (Å²) in [7, 11) is 3.10. The molecule has 2 N–H and O–H groups in total. The molecule has 0 bridgehead atoms. The van der Waals surface area contributed by atoms with Gasteiger partial charge in [0.15, 0.2) is 0 Å². The van der Waals surface area contributed by atoms with Gasteiger partial charge in [-0.05, 0) is 18.1 Å². The smallest absolute Gasteiger partial charge is 0.319 e. The molecule has 1 aromatic rings. The maximum absolute atomic E-state index is 11.7. The van der Waals surface area contributed by atoms with Crippen molar-refractivity contribution >= 4 is 11.7 Å². The minimum Gasteiger partial charge on any atom is -0.494 e. The Hall–Kier alpha value is -1.91. The molecular formula is C13H20N2O3. The van der Waals surface area contributed by atoms with Crippen molar-refractivity contribution in [2.75, 3.05) is 26.1 Å². The Bertz CT molecular complexity index is 383. The average molecular weight is 252 g/mol. The van der Waals surface area contributed by atoms with Crippen molar-refractivity contribution < 1.29 is 14.3 Å². The number of anilines is 1. The predicted molar refractivity (Wildman–Crippen MR) is 71.4 cm³/mol. The fourth-order valence-corrected chi connectivity index (χ4v) is 1.43. The molecule has 18 heavy (non-hydrogen) atoms. The van der Waals surface area contributed by atoms with E-state index in [0.717, 1.165) is 0 Å². The Balaban J connectivity index is 2.79. The molecule has 0 saturated heterocycles. The normalized spacial score (nSPS) is 10.1. The standard InChI is InChI=1S/C13H20N2O3/c1-9(2)8-14-13(16)15-12-10(17-3)6-5-7-11(12)18-4/h5-7,9H,8H2,1-4H3,(H2,14,15,16). The van der Waals surface area contributed by atoms with Gasteiger partial charge in [0.25, 0.3) is 0 Å². The molecule has 1 rings (SSSR count). The van der Waals surface area contributed by atoms with E-state index in [4.69, 9.17) is 9.47 Å². The van der Waals surface area contributed by atoms with Crippen LogP contribution in [0.4, 0.5) is 10.5 Å². The third-order valence-corrected chi connectivity index (χ3v) is 2.34. The zero-order chi connectivity index (χ0) is 13.5. The number of methoxy groups -OCH3 is 2. The van der Waals surface area contributed by atoms with Gasteiger partial charge >= 0.3 is 6.03 Å². The van der Waals surface area contributed by atoms with Crippen molar-refractivity contribution in [3.05, 3.63) is 18.2 Å². The number of hydrogen-bond acceptors (Lipinski definition) is 3. The molecule has 0 aliphatic heterocycles. The number of carbonyl (C=O) groups excluding carboxylic acids is 1. The van der Waals surface area contributed by atoms with E-state index >= 15 is 0 Å². The maximum Gasteiger partial charge on any atom is 0.319 e. The molecule has 0 atom stereocenters. The highest BCUT2D eigenvalue weighted by atomic mass is 16.5. The summed E-state index contributed by atoms with van der Waals surface area (Å²) in [5, 5.41) is 5.51. The van der Waals surface area contributed by atoms with Gasteiger partial charge in [0.2, 0.25) is 0 Å². The first-order chi connectivity index (χ1) is 8.58. The van der Waals surface area contributed by atoms with E-state index in [-0.39, 0.29) is 6.03 Å². The second-order valence-electron chi connectivity index (χ2n) is 4.27. The van der Waals surface area contributed by atoms with E-state index in [1.165, 1.54) is 0 Å². The topological polar surface area (TPSA) is 59.6 Å². The Morgan fingerprint density at radius 2 is 1.78 bits per heavy atom. The van der Waals surface area contributed by atoms with Gasteiger partial charge in [0, 0.05) is 6.54 Å². The van der Waals surface area contributed by atoms with Crippen LogP contribution in [0.1, 0.15) is 13.8 Å². The number of nitrogens with one attached hydrogen (secondary N) is 2. The van der Waals surface area contributed by atoms with Crippen molar-refractivity contribution in [2.24, 2.45) is 5.92 Å². The van der Waals surface area contributed by atoms with E-state index in [1.54, 1.807) is 32.4 Å². The summed E-state index contributed by atoms with van der Waals surface area (Å²) >= 11 is 0. The van der Waals surface area contributed by atoms with Gasteiger partial charge in [-0.2, -0.15) is 0 Å². The summed E-state index contributed by atoms with van der Waals surface area (Å²) in [6.07, 6.45) is 0. The molecule has 0 heterocycles. The van der Waals surface area contributed by atoms with Gasteiger partial charge in [0.1, 0.15) is 17.2 Å². The average Bonchev–Trinajstić information content (AvgIpc) is 2.36. The second kappa shape index (κ2) is 6.74. The quantitative estimate of drug-likeness (QED) is 0.846. The molecular weight excluding hydrogens is 232 g/mol. The van der Waals surface area contributed by atoms with Crippen molar-refractivity contribution in [1.82, 2.24) is 5.32 Å². The van der Waals surface area contributed by atoms with E-state index in [9.17, 15) is 4.79 Å². The number of ether oxygens (including phenoxy) is 2. The van der Waals surface area contributed by atoms with Crippen LogP contribution in [0.3, 0.4) is 0 Å². The highest BCUT2D eigenvalue weighted by Gasteiger charge is 2.12. The van der Waals surface area contributed by atoms with Gasteiger partial charge in [-0.1, -0.05) is 19.9 Å². The summed E-state index contributed by atoms with van der Waals surface area (Å²) in [5.41, 5.74) is 0.531. The number of urea groups is 1. The summed E-state index contributed by atoms with van der Waals surface area (Å²) in [6, 6.07) is 5.06. The molecule has 0 saturated carbocycles. The Morgan fingerprint density at radius 3 is 2.22 bits per heavy atom. The molecule has 0 unspecified atom stereocenters. The highest BCUT2D eigenvalue weighted by Crippen LogP contribution is 2.33. The molecule has 5 heteroatoms. The molecule has 1 aromatic carbocycles. The molecule has 2 amide bonds. The van der Waals surface area contributed by atoms with Crippen LogP contribution in [0.25, 0.3) is 0 Å². The molecule has 0 fully saturated rings. The lowest BCUT2D eigenvalue weighted by atomic mass is 10.2. The minimum absolute atomic E-state index is 0.272. The van der Waals surface area contributed by atoms with E-state index in [0.29, 0.717) is 29.6 Å². The first kappa shape index (κ1) is 14.2. The van der Waals surface area contributed by atoms with Crippen molar-refractivity contribution in [3.8, 4) is 11.5 Å². The van der Waals surface area contributed by atoms with Crippen LogP contribution >= 0.6 is 0 Å². The molecule has 100 valence electrons. The number of benzene rings is 1. The summed E-state index contributed by atoms with van der Waals surface area (Å²) in [5.74, 6) is 1.53. The summed E-state index contributed by atoms with van der Waals surface area (Å²) in [6.45, 7) is 4.68. The van der Waals surface area contributed by atoms with Gasteiger partial charge < -0.3 is 20.1 Å². The first-order valence-corrected chi connectivity index (χ1v) is 5.84. The van der Waals surface area contributed by atoms with Gasteiger partial charge in [0.05, 0.1) is 14.2 Å². The fourth-order valence-electron chi connectivity index (χ4n) is 1.43. The van der Waals surface area contributed by atoms with Crippen LogP contribution in [0, 0.1) is 5.92 Å². The number of para-hydroxylation sites is 1. The number of amides is 2. The van der Waals surface area contributed by atoms with E-state index < -0.39 is 0 Å². The summed E-state index contributed by atoms with van der Waals surface area (Å²) in [4.78, 5) is 11.7. The molecule has 0 radical (unpaired) electrons. The lowest BCUT2D eigenvalue weighted by Crippen LogP contribution is -2.31. The Morgan fingerprint density at radius 1 is 1.22 bits per heavy atom. The van der Waals surface area contributed by atoms with Crippen LogP contribution in [-0.2, 0) is 0 Å². The molecule has 0 spiro atoms. The number of carbonyl (C=O) groups is 1. The van der Waals surface area contributed by atoms with Gasteiger partial charge in [-0.3, -0.25) is 0 Å². The Labute approximate surface area is 107 Å². The lowest BCUT2D eigenvalue weighted by molar-refractivity contribution is 0.250. The largest absolute Gasteiger partial charge is 0.494 e. The zero-order valence-corrected chi connectivity index (χ0v) is 11.2. The highest BCUT2D eigenvalue weighted by molar-refractivity contribution is 5.92. The monoisotopic (exact) mass is 252 g/mol. The maximum atomic E-state index is 11.7. The number of rotatable bonds is 5. The third-order valence-electron chi connectivity index (χ3n) is 2.34. The zero-order valence-electron chi connectivity index (χ0n) is 11.2. The lowest BCUT2D eigenvalue weighted by Gasteiger charge is -2.15. The van der Waals surface area contributed by atoms with Crippen LogP contribution in [-0.4, -0.2) is 26.8 Å². The Kier molecular flexibility index (Phi) is 5.30. The van der Waals surface area contributed by atoms with Crippen LogP contribution in [0.5, 0.6) is 11.5 Å². The molecule has 0 aliphatic carbocycles. The SMILES string of the molecule is COc1cccc(OC)c1NC(=O)NCC(C)C. The molecule has 0 aromatic heterocycles. The van der Waals surface area contributed by atoms with Crippen molar-refractivity contribution in [1.29, 1.82) is 0 Å². The third kappa shape index (κ3) is 3.84. The number of hydrogen-bond donors (Lipinski definition) is 2. The second-order valence-corrected chi connectivity index (χ2v) is 4.27. The summed E-state index contributed by atoms with van der Waals surface area (Å²) < 4.78 is 10.4. The van der Waals surface area contributed by atoms with Crippen LogP contribution in [0.2, 0.25) is 0 Å². The van der Waals surface area contributed by atoms with Crippen molar-refractivity contribution in [3.63, 3.8) is 0 Å². The van der Waals surface area contributed by atoms with Gasteiger partial charge in [-0.25, -0.2) is 4.79 Å².